The Labute approximate surface area is 227 Å². The zero-order chi connectivity index (χ0) is 26.6. The molecule has 2 fully saturated rings. The molecule has 3 rings (SSSR count). The van der Waals surface area contributed by atoms with Crippen molar-refractivity contribution in [1.29, 1.82) is 0 Å². The minimum atomic E-state index is -0.393. The van der Waals surface area contributed by atoms with Gasteiger partial charge < -0.3 is 9.84 Å². The monoisotopic (exact) mass is 510 g/mol. The van der Waals surface area contributed by atoms with E-state index in [2.05, 4.69) is 38.6 Å². The van der Waals surface area contributed by atoms with Gasteiger partial charge in [0.15, 0.2) is 0 Å². The van der Waals surface area contributed by atoms with Crippen LogP contribution in [0.3, 0.4) is 0 Å². The van der Waals surface area contributed by atoms with Crippen LogP contribution in [0.5, 0.6) is 0 Å². The molecule has 2 aliphatic rings. The third-order valence-corrected chi connectivity index (χ3v) is 9.55. The summed E-state index contributed by atoms with van der Waals surface area (Å²) in [5, 5.41) is 9.90. The Morgan fingerprint density at radius 1 is 0.946 bits per heavy atom. The van der Waals surface area contributed by atoms with Crippen LogP contribution >= 0.6 is 0 Å². The van der Waals surface area contributed by atoms with Gasteiger partial charge >= 0.3 is 5.97 Å². The van der Waals surface area contributed by atoms with Crippen LogP contribution in [0.2, 0.25) is 0 Å². The van der Waals surface area contributed by atoms with E-state index >= 15 is 0 Å². The zero-order valence-corrected chi connectivity index (χ0v) is 24.1. The van der Waals surface area contributed by atoms with Gasteiger partial charge in [0.05, 0.1) is 6.61 Å². The number of aliphatic hydroxyl groups excluding tert-OH is 1. The van der Waals surface area contributed by atoms with Crippen molar-refractivity contribution in [2.75, 3.05) is 13.2 Å². The van der Waals surface area contributed by atoms with E-state index in [0.29, 0.717) is 5.57 Å². The highest BCUT2D eigenvalue weighted by Crippen LogP contribution is 2.43. The molecule has 0 aliphatic heterocycles. The first-order valence-corrected chi connectivity index (χ1v) is 15.5. The predicted octanol–water partition coefficient (Wildman–Crippen LogP) is 8.57. The molecule has 0 saturated heterocycles. The molecule has 1 aromatic carbocycles. The molecule has 37 heavy (non-hydrogen) atoms. The molecule has 1 N–H and O–H groups in total. The average molecular weight is 511 g/mol. The second-order valence-electron chi connectivity index (χ2n) is 12.2. The Hall–Kier alpha value is -1.61. The Morgan fingerprint density at radius 3 is 2.11 bits per heavy atom. The molecule has 3 nitrogen and oxygen atoms in total. The predicted molar refractivity (Wildman–Crippen MR) is 155 cm³/mol. The minimum absolute atomic E-state index is 0.0320. The van der Waals surface area contributed by atoms with Crippen LogP contribution in [0.25, 0.3) is 0 Å². The summed E-state index contributed by atoms with van der Waals surface area (Å²) in [4.78, 5) is 11.8. The first-order valence-electron chi connectivity index (χ1n) is 15.5. The number of rotatable bonds is 14. The molecule has 0 bridgehead atoms. The van der Waals surface area contributed by atoms with E-state index in [0.717, 1.165) is 42.1 Å². The van der Waals surface area contributed by atoms with Gasteiger partial charge in [0, 0.05) is 11.5 Å². The van der Waals surface area contributed by atoms with Crippen LogP contribution in [0.1, 0.15) is 127 Å². The van der Waals surface area contributed by atoms with Crippen LogP contribution < -0.4 is 0 Å². The number of esters is 1. The van der Waals surface area contributed by atoms with Gasteiger partial charge in [0.1, 0.15) is 6.61 Å². The molecule has 208 valence electrons. The molecular weight excluding hydrogens is 456 g/mol. The first kappa shape index (κ1) is 29.9. The zero-order valence-electron chi connectivity index (χ0n) is 24.1. The van der Waals surface area contributed by atoms with Crippen LogP contribution in [-0.4, -0.2) is 24.3 Å². The topological polar surface area (TPSA) is 46.5 Å². The van der Waals surface area contributed by atoms with Crippen molar-refractivity contribution >= 4 is 5.97 Å². The van der Waals surface area contributed by atoms with Gasteiger partial charge in [0.2, 0.25) is 0 Å². The van der Waals surface area contributed by atoms with E-state index in [1.54, 1.807) is 6.92 Å². The van der Waals surface area contributed by atoms with Crippen molar-refractivity contribution in [3.8, 4) is 0 Å². The van der Waals surface area contributed by atoms with Crippen LogP contribution in [0.4, 0.5) is 0 Å². The number of benzene rings is 1. The van der Waals surface area contributed by atoms with E-state index in [9.17, 15) is 9.90 Å². The molecule has 0 heterocycles. The Kier molecular flexibility index (Phi) is 12.7. The average Bonchev–Trinajstić information content (AvgIpc) is 2.93. The highest BCUT2D eigenvalue weighted by Gasteiger charge is 2.30. The van der Waals surface area contributed by atoms with Gasteiger partial charge in [-0.05, 0) is 92.2 Å². The van der Waals surface area contributed by atoms with Crippen molar-refractivity contribution in [1.82, 2.24) is 0 Å². The Bertz CT molecular complexity index is 827. The molecule has 0 aromatic heterocycles. The lowest BCUT2D eigenvalue weighted by atomic mass is 9.68. The fourth-order valence-electron chi connectivity index (χ4n) is 6.97. The van der Waals surface area contributed by atoms with Crippen molar-refractivity contribution in [3.05, 3.63) is 47.0 Å². The van der Waals surface area contributed by atoms with Gasteiger partial charge in [-0.1, -0.05) is 90.0 Å². The fourth-order valence-corrected chi connectivity index (χ4v) is 6.97. The first-order chi connectivity index (χ1) is 17.9. The minimum Gasteiger partial charge on any atom is -0.462 e. The third kappa shape index (κ3) is 9.27. The molecule has 0 radical (unpaired) electrons. The summed E-state index contributed by atoms with van der Waals surface area (Å²) in [5.41, 5.74) is 4.26. The van der Waals surface area contributed by atoms with E-state index in [1.807, 2.05) is 0 Å². The van der Waals surface area contributed by atoms with Crippen molar-refractivity contribution < 1.29 is 14.6 Å². The maximum absolute atomic E-state index is 11.8. The third-order valence-electron chi connectivity index (χ3n) is 9.55. The molecule has 0 spiro atoms. The van der Waals surface area contributed by atoms with E-state index in [1.165, 1.54) is 94.6 Å². The standard InChI is InChI=1S/C34H54O3/c1-5-7-8-9-26-10-16-30(17-11-26)31-18-13-27(14-19-31)12-15-29-20-21-32(22-28(29)6-2)33(23-35)24-37-34(36)25(3)4/h20-22,26-27,30-31,33,35H,3,5-19,23-24H2,1-2,4H3. The summed E-state index contributed by atoms with van der Waals surface area (Å²) in [7, 11) is 0. The van der Waals surface area contributed by atoms with Gasteiger partial charge in [-0.3, -0.25) is 0 Å². The largest absolute Gasteiger partial charge is 0.462 e. The lowest BCUT2D eigenvalue weighted by molar-refractivity contribution is -0.139. The molecule has 1 aromatic rings. The summed E-state index contributed by atoms with van der Waals surface area (Å²) >= 11 is 0. The Balaban J connectivity index is 1.43. The summed E-state index contributed by atoms with van der Waals surface area (Å²) in [6.07, 6.45) is 20.9. The van der Waals surface area contributed by atoms with Gasteiger partial charge in [-0.15, -0.1) is 0 Å². The maximum Gasteiger partial charge on any atom is 0.333 e. The highest BCUT2D eigenvalue weighted by molar-refractivity contribution is 5.86. The summed E-state index contributed by atoms with van der Waals surface area (Å²) < 4.78 is 5.32. The highest BCUT2D eigenvalue weighted by atomic mass is 16.5. The van der Waals surface area contributed by atoms with Crippen molar-refractivity contribution in [2.45, 2.75) is 123 Å². The number of unbranched alkanes of at least 4 members (excludes halogenated alkanes) is 2. The summed E-state index contributed by atoms with van der Waals surface area (Å²) in [5.74, 6) is 3.32. The number of carbonyl (C=O) groups excluding carboxylic acids is 1. The lowest BCUT2D eigenvalue weighted by Gasteiger charge is -2.38. The van der Waals surface area contributed by atoms with Crippen LogP contribution in [0, 0.1) is 23.7 Å². The number of hydrogen-bond acceptors (Lipinski definition) is 3. The number of aryl methyl sites for hydroxylation is 2. The second kappa shape index (κ2) is 15.7. The van der Waals surface area contributed by atoms with Gasteiger partial charge in [0.25, 0.3) is 0 Å². The van der Waals surface area contributed by atoms with Gasteiger partial charge in [-0.2, -0.15) is 0 Å². The molecule has 0 amide bonds. The van der Waals surface area contributed by atoms with Crippen LogP contribution in [0.15, 0.2) is 30.4 Å². The normalized spacial score (nSPS) is 25.0. The number of ether oxygens (including phenoxy) is 1. The van der Waals surface area contributed by atoms with E-state index in [-0.39, 0.29) is 19.1 Å². The molecule has 1 atom stereocenters. The summed E-state index contributed by atoms with van der Waals surface area (Å²) in [6, 6.07) is 6.60. The molecule has 2 aliphatic carbocycles. The lowest BCUT2D eigenvalue weighted by Crippen LogP contribution is -2.26. The fraction of sp³-hybridized carbons (Fsp3) is 0.735. The molecule has 3 heteroatoms. The second-order valence-corrected chi connectivity index (χ2v) is 12.2. The van der Waals surface area contributed by atoms with Crippen LogP contribution in [-0.2, 0) is 22.4 Å². The van der Waals surface area contributed by atoms with E-state index < -0.39 is 5.97 Å². The number of aliphatic hydroxyl groups is 1. The smallest absolute Gasteiger partial charge is 0.333 e. The molecule has 2 saturated carbocycles. The molecule has 1 unspecified atom stereocenters. The number of carbonyl (C=O) groups is 1. The maximum atomic E-state index is 11.8. The van der Waals surface area contributed by atoms with Crippen molar-refractivity contribution in [2.24, 2.45) is 23.7 Å². The summed E-state index contributed by atoms with van der Waals surface area (Å²) in [6.45, 7) is 9.96. The SMILES string of the molecule is C=C(C)C(=O)OCC(CO)c1ccc(CCC2CCC(C3CCC(CCCCC)CC3)CC2)c(CC)c1. The Morgan fingerprint density at radius 2 is 1.57 bits per heavy atom. The van der Waals surface area contributed by atoms with Gasteiger partial charge in [-0.25, -0.2) is 4.79 Å². The van der Waals surface area contributed by atoms with E-state index in [4.69, 9.17) is 4.74 Å². The molecular formula is C34H54O3. The van der Waals surface area contributed by atoms with Crippen molar-refractivity contribution in [3.63, 3.8) is 0 Å². The quantitative estimate of drug-likeness (QED) is 0.155. The number of hydrogen-bond donors (Lipinski definition) is 1.